The van der Waals surface area contributed by atoms with Gasteiger partial charge in [0.15, 0.2) is 0 Å². The smallest absolute Gasteiger partial charge is 0.224 e. The SMILES string of the molecule is C[C@@H](CNC(=O)Cc1ccc2ccccc2c1)c1ccccc1. The second kappa shape index (κ2) is 7.10. The Balaban J connectivity index is 1.58. The van der Waals surface area contributed by atoms with E-state index in [1.54, 1.807) is 0 Å². The summed E-state index contributed by atoms with van der Waals surface area (Å²) >= 11 is 0. The van der Waals surface area contributed by atoms with Crippen molar-refractivity contribution in [2.45, 2.75) is 19.3 Å². The second-order valence-corrected chi connectivity index (χ2v) is 5.97. The summed E-state index contributed by atoms with van der Waals surface area (Å²) in [7, 11) is 0. The zero-order valence-electron chi connectivity index (χ0n) is 13.3. The summed E-state index contributed by atoms with van der Waals surface area (Å²) < 4.78 is 0. The molecule has 3 aromatic carbocycles. The molecule has 0 saturated carbocycles. The molecule has 0 aliphatic rings. The number of hydrogen-bond donors (Lipinski definition) is 1. The van der Waals surface area contributed by atoms with Crippen LogP contribution in [-0.4, -0.2) is 12.5 Å². The van der Waals surface area contributed by atoms with Crippen LogP contribution >= 0.6 is 0 Å². The molecule has 0 bridgehead atoms. The minimum absolute atomic E-state index is 0.0723. The first kappa shape index (κ1) is 15.3. The van der Waals surface area contributed by atoms with Crippen LogP contribution in [0.3, 0.4) is 0 Å². The Morgan fingerprint density at radius 2 is 1.61 bits per heavy atom. The predicted octanol–water partition coefficient (Wildman–Crippen LogP) is 4.30. The molecule has 0 unspecified atom stereocenters. The van der Waals surface area contributed by atoms with Crippen molar-refractivity contribution < 1.29 is 4.79 Å². The monoisotopic (exact) mass is 303 g/mol. The first-order valence-corrected chi connectivity index (χ1v) is 8.02. The minimum atomic E-state index is 0.0723. The van der Waals surface area contributed by atoms with Crippen molar-refractivity contribution in [1.29, 1.82) is 0 Å². The summed E-state index contributed by atoms with van der Waals surface area (Å²) in [5, 5.41) is 5.42. The highest BCUT2D eigenvalue weighted by atomic mass is 16.1. The van der Waals surface area contributed by atoms with Gasteiger partial charge in [-0.2, -0.15) is 0 Å². The molecule has 2 nitrogen and oxygen atoms in total. The van der Waals surface area contributed by atoms with E-state index in [4.69, 9.17) is 0 Å². The third-order valence-corrected chi connectivity index (χ3v) is 4.15. The standard InChI is InChI=1S/C21H21NO/c1-16(18-7-3-2-4-8-18)15-22-21(23)14-17-11-12-19-9-5-6-10-20(19)13-17/h2-13,16H,14-15H2,1H3,(H,22,23)/t16-/m0/s1. The average Bonchev–Trinajstić information content (AvgIpc) is 2.60. The molecule has 0 aliphatic carbocycles. The van der Waals surface area contributed by atoms with Crippen LogP contribution in [0.4, 0.5) is 0 Å². The zero-order chi connectivity index (χ0) is 16.1. The topological polar surface area (TPSA) is 29.1 Å². The van der Waals surface area contributed by atoms with E-state index < -0.39 is 0 Å². The van der Waals surface area contributed by atoms with Crippen molar-refractivity contribution in [2.75, 3.05) is 6.54 Å². The number of hydrogen-bond acceptors (Lipinski definition) is 1. The van der Waals surface area contributed by atoms with Crippen molar-refractivity contribution in [3.05, 3.63) is 83.9 Å². The maximum Gasteiger partial charge on any atom is 0.224 e. The Morgan fingerprint density at radius 3 is 2.39 bits per heavy atom. The van der Waals surface area contributed by atoms with Crippen LogP contribution in [0.1, 0.15) is 24.0 Å². The van der Waals surface area contributed by atoms with E-state index in [0.717, 1.165) is 5.56 Å². The van der Waals surface area contributed by atoms with Crippen LogP contribution in [0.25, 0.3) is 10.8 Å². The van der Waals surface area contributed by atoms with Gasteiger partial charge in [0, 0.05) is 6.54 Å². The van der Waals surface area contributed by atoms with Gasteiger partial charge in [-0.3, -0.25) is 4.79 Å². The fraction of sp³-hybridized carbons (Fsp3) is 0.190. The van der Waals surface area contributed by atoms with Crippen LogP contribution in [-0.2, 0) is 11.2 Å². The first-order chi connectivity index (χ1) is 11.2. The normalized spacial score (nSPS) is 12.0. The van der Waals surface area contributed by atoms with E-state index in [-0.39, 0.29) is 5.91 Å². The van der Waals surface area contributed by atoms with Crippen LogP contribution in [0, 0.1) is 0 Å². The van der Waals surface area contributed by atoms with Crippen molar-refractivity contribution in [3.8, 4) is 0 Å². The van der Waals surface area contributed by atoms with Gasteiger partial charge in [0.05, 0.1) is 6.42 Å². The highest BCUT2D eigenvalue weighted by Crippen LogP contribution is 2.16. The summed E-state index contributed by atoms with van der Waals surface area (Å²) in [5.41, 5.74) is 2.30. The summed E-state index contributed by atoms with van der Waals surface area (Å²) in [6.45, 7) is 2.79. The zero-order valence-corrected chi connectivity index (χ0v) is 13.3. The Bertz CT molecular complexity index is 795. The third-order valence-electron chi connectivity index (χ3n) is 4.15. The molecule has 3 aromatic rings. The lowest BCUT2D eigenvalue weighted by molar-refractivity contribution is -0.120. The van der Waals surface area contributed by atoms with Crippen molar-refractivity contribution in [3.63, 3.8) is 0 Å². The molecule has 2 heteroatoms. The summed E-state index contributed by atoms with van der Waals surface area (Å²) in [5.74, 6) is 0.389. The number of nitrogens with one attached hydrogen (secondary N) is 1. The molecule has 0 spiro atoms. The number of carbonyl (C=O) groups is 1. The lowest BCUT2D eigenvalue weighted by Gasteiger charge is -2.13. The average molecular weight is 303 g/mol. The first-order valence-electron chi connectivity index (χ1n) is 8.02. The molecule has 0 heterocycles. The molecule has 0 saturated heterocycles. The van der Waals surface area contributed by atoms with Crippen LogP contribution in [0.5, 0.6) is 0 Å². The van der Waals surface area contributed by atoms with Gasteiger partial charge in [0.2, 0.25) is 5.91 Å². The van der Waals surface area contributed by atoms with E-state index in [1.165, 1.54) is 16.3 Å². The molecule has 1 atom stereocenters. The Morgan fingerprint density at radius 1 is 0.913 bits per heavy atom. The number of fused-ring (bicyclic) bond motifs is 1. The molecule has 1 N–H and O–H groups in total. The van der Waals surface area contributed by atoms with Gasteiger partial charge >= 0.3 is 0 Å². The Hall–Kier alpha value is -2.61. The van der Waals surface area contributed by atoms with Crippen LogP contribution in [0.15, 0.2) is 72.8 Å². The molecular weight excluding hydrogens is 282 g/mol. The van der Waals surface area contributed by atoms with E-state index in [1.807, 2.05) is 36.4 Å². The van der Waals surface area contributed by atoms with Gasteiger partial charge in [-0.15, -0.1) is 0 Å². The van der Waals surface area contributed by atoms with Gasteiger partial charge in [0.1, 0.15) is 0 Å². The quantitative estimate of drug-likeness (QED) is 0.748. The highest BCUT2D eigenvalue weighted by Gasteiger charge is 2.08. The number of rotatable bonds is 5. The van der Waals surface area contributed by atoms with Gasteiger partial charge < -0.3 is 5.32 Å². The lowest BCUT2D eigenvalue weighted by Crippen LogP contribution is -2.28. The fourth-order valence-corrected chi connectivity index (χ4v) is 2.76. The predicted molar refractivity (Wildman–Crippen MR) is 95.5 cm³/mol. The van der Waals surface area contributed by atoms with Crippen molar-refractivity contribution in [2.24, 2.45) is 0 Å². The summed E-state index contributed by atoms with van der Waals surface area (Å²) in [6.07, 6.45) is 0.423. The molecule has 1 amide bonds. The molecule has 0 aliphatic heterocycles. The van der Waals surface area contributed by atoms with E-state index in [2.05, 4.69) is 48.6 Å². The molecule has 0 radical (unpaired) electrons. The second-order valence-electron chi connectivity index (χ2n) is 5.97. The minimum Gasteiger partial charge on any atom is -0.355 e. The van der Waals surface area contributed by atoms with E-state index in [0.29, 0.717) is 18.9 Å². The van der Waals surface area contributed by atoms with Gasteiger partial charge in [-0.1, -0.05) is 79.7 Å². The Labute approximate surface area is 137 Å². The highest BCUT2D eigenvalue weighted by molar-refractivity contribution is 5.85. The van der Waals surface area contributed by atoms with E-state index in [9.17, 15) is 4.79 Å². The molecule has 0 fully saturated rings. The largest absolute Gasteiger partial charge is 0.355 e. The lowest BCUT2D eigenvalue weighted by atomic mass is 10.0. The van der Waals surface area contributed by atoms with Gasteiger partial charge in [-0.25, -0.2) is 0 Å². The molecule has 0 aromatic heterocycles. The summed E-state index contributed by atoms with van der Waals surface area (Å²) in [4.78, 5) is 12.2. The van der Waals surface area contributed by atoms with Crippen molar-refractivity contribution >= 4 is 16.7 Å². The fourth-order valence-electron chi connectivity index (χ4n) is 2.76. The third kappa shape index (κ3) is 3.98. The number of amides is 1. The maximum atomic E-state index is 12.2. The Kier molecular flexibility index (Phi) is 4.72. The van der Waals surface area contributed by atoms with Crippen LogP contribution < -0.4 is 5.32 Å². The van der Waals surface area contributed by atoms with Gasteiger partial charge in [0.25, 0.3) is 0 Å². The molecule has 3 rings (SSSR count). The molecular formula is C21H21NO. The summed E-state index contributed by atoms with van der Waals surface area (Å²) in [6, 6.07) is 24.7. The molecule has 116 valence electrons. The van der Waals surface area contributed by atoms with Gasteiger partial charge in [-0.05, 0) is 27.8 Å². The molecule has 23 heavy (non-hydrogen) atoms. The van der Waals surface area contributed by atoms with Crippen molar-refractivity contribution in [1.82, 2.24) is 5.32 Å². The number of carbonyl (C=O) groups excluding carboxylic acids is 1. The van der Waals surface area contributed by atoms with E-state index >= 15 is 0 Å². The number of benzene rings is 3. The maximum absolute atomic E-state index is 12.2. The van der Waals surface area contributed by atoms with Crippen LogP contribution in [0.2, 0.25) is 0 Å².